The molecule has 0 spiro atoms. The summed E-state index contributed by atoms with van der Waals surface area (Å²) < 4.78 is 0. The highest BCUT2D eigenvalue weighted by molar-refractivity contribution is 5.79. The molecule has 3 aliphatic rings. The molecule has 26 heavy (non-hydrogen) atoms. The Morgan fingerprint density at radius 3 is 2.00 bits per heavy atom. The van der Waals surface area contributed by atoms with E-state index in [0.717, 1.165) is 50.6 Å². The van der Waals surface area contributed by atoms with E-state index in [9.17, 15) is 9.59 Å². The molecule has 1 heterocycles. The van der Waals surface area contributed by atoms with Gasteiger partial charge in [0.1, 0.15) is 0 Å². The molecular weight excluding hydrogens is 324 g/mol. The largest absolute Gasteiger partial charge is 0.354 e. The normalized spacial score (nSPS) is 31.7. The van der Waals surface area contributed by atoms with E-state index in [0.29, 0.717) is 5.91 Å². The van der Waals surface area contributed by atoms with Crippen LogP contribution >= 0.6 is 0 Å². The van der Waals surface area contributed by atoms with Gasteiger partial charge in [0.15, 0.2) is 0 Å². The van der Waals surface area contributed by atoms with Crippen LogP contribution in [-0.4, -0.2) is 35.8 Å². The van der Waals surface area contributed by atoms with E-state index in [-0.39, 0.29) is 17.9 Å². The van der Waals surface area contributed by atoms with Crippen molar-refractivity contribution in [3.8, 4) is 0 Å². The van der Waals surface area contributed by atoms with E-state index >= 15 is 0 Å². The summed E-state index contributed by atoms with van der Waals surface area (Å²) in [6.07, 6.45) is 16.2. The number of rotatable bonds is 3. The molecule has 1 aliphatic heterocycles. The Morgan fingerprint density at radius 2 is 1.38 bits per heavy atom. The second-order valence-electron chi connectivity index (χ2n) is 9.04. The van der Waals surface area contributed by atoms with Gasteiger partial charge in [-0.15, -0.1) is 0 Å². The van der Waals surface area contributed by atoms with Gasteiger partial charge in [-0.1, -0.05) is 51.4 Å². The lowest BCUT2D eigenvalue weighted by molar-refractivity contribution is -0.135. The van der Waals surface area contributed by atoms with Crippen molar-refractivity contribution in [2.45, 2.75) is 96.4 Å². The summed E-state index contributed by atoms with van der Waals surface area (Å²) in [5.74, 6) is 2.24. The zero-order chi connectivity index (χ0) is 18.4. The molecule has 0 aromatic carbocycles. The minimum absolute atomic E-state index is 0.0529. The first kappa shape index (κ1) is 19.7. The summed E-state index contributed by atoms with van der Waals surface area (Å²) in [4.78, 5) is 26.4. The first-order chi connectivity index (χ1) is 12.6. The zero-order valence-electron chi connectivity index (χ0n) is 16.7. The fourth-order valence-electron chi connectivity index (χ4n) is 5.54. The van der Waals surface area contributed by atoms with Crippen molar-refractivity contribution < 1.29 is 9.59 Å². The summed E-state index contributed by atoms with van der Waals surface area (Å²) >= 11 is 0. The van der Waals surface area contributed by atoms with Crippen LogP contribution in [0.25, 0.3) is 0 Å². The summed E-state index contributed by atoms with van der Waals surface area (Å²) in [6.45, 7) is 3.57. The molecule has 1 atom stereocenters. The maximum absolute atomic E-state index is 13.0. The van der Waals surface area contributed by atoms with Crippen molar-refractivity contribution in [3.63, 3.8) is 0 Å². The fraction of sp³-hybridized carbons (Fsp3) is 0.909. The van der Waals surface area contributed by atoms with Crippen molar-refractivity contribution in [1.82, 2.24) is 10.2 Å². The third-order valence-corrected chi connectivity index (χ3v) is 7.09. The number of likely N-dealkylation sites (tertiary alicyclic amines) is 1. The number of hydrogen-bond donors (Lipinski definition) is 1. The third-order valence-electron chi connectivity index (χ3n) is 7.09. The second kappa shape index (κ2) is 9.75. The molecule has 3 fully saturated rings. The lowest BCUT2D eigenvalue weighted by Crippen LogP contribution is -2.41. The zero-order valence-corrected chi connectivity index (χ0v) is 16.7. The third kappa shape index (κ3) is 5.47. The standard InChI is InChI=1S/C22H38N2O2/c1-17(25)23-21-12-10-19(11-13-21)22(26)24-15-14-20(16-24)18-8-6-4-2-3-5-7-9-18/h18-21H,2-16H2,1H3,(H,23,25). The molecule has 3 rings (SSSR count). The second-order valence-corrected chi connectivity index (χ2v) is 9.04. The Labute approximate surface area is 159 Å². The van der Waals surface area contributed by atoms with E-state index < -0.39 is 0 Å². The van der Waals surface area contributed by atoms with Crippen molar-refractivity contribution in [1.29, 1.82) is 0 Å². The van der Waals surface area contributed by atoms with E-state index in [1.54, 1.807) is 6.92 Å². The highest BCUT2D eigenvalue weighted by atomic mass is 16.2. The SMILES string of the molecule is CC(=O)NC1CCC(C(=O)N2CCC(C3CCCCCCCC3)C2)CC1. The smallest absolute Gasteiger partial charge is 0.225 e. The maximum Gasteiger partial charge on any atom is 0.225 e. The number of carbonyl (C=O) groups is 2. The van der Waals surface area contributed by atoms with E-state index in [1.165, 1.54) is 57.8 Å². The van der Waals surface area contributed by atoms with Crippen molar-refractivity contribution in [2.24, 2.45) is 17.8 Å². The molecule has 0 aromatic rings. The number of hydrogen-bond acceptors (Lipinski definition) is 2. The molecule has 2 aliphatic carbocycles. The molecule has 1 saturated heterocycles. The van der Waals surface area contributed by atoms with Crippen LogP contribution in [0.1, 0.15) is 90.4 Å². The van der Waals surface area contributed by atoms with Gasteiger partial charge in [-0.3, -0.25) is 9.59 Å². The van der Waals surface area contributed by atoms with E-state index in [4.69, 9.17) is 0 Å². The van der Waals surface area contributed by atoms with Crippen LogP contribution < -0.4 is 5.32 Å². The van der Waals surface area contributed by atoms with Gasteiger partial charge in [0.25, 0.3) is 0 Å². The van der Waals surface area contributed by atoms with Crippen LogP contribution in [0.15, 0.2) is 0 Å². The van der Waals surface area contributed by atoms with Crippen molar-refractivity contribution in [3.05, 3.63) is 0 Å². The van der Waals surface area contributed by atoms with Crippen molar-refractivity contribution >= 4 is 11.8 Å². The van der Waals surface area contributed by atoms with Gasteiger partial charge < -0.3 is 10.2 Å². The molecule has 2 amide bonds. The molecule has 1 N–H and O–H groups in total. The Morgan fingerprint density at radius 1 is 0.769 bits per heavy atom. The van der Waals surface area contributed by atoms with E-state index in [2.05, 4.69) is 10.2 Å². The molecule has 2 saturated carbocycles. The summed E-state index contributed by atoms with van der Waals surface area (Å²) in [7, 11) is 0. The Bertz CT molecular complexity index is 461. The lowest BCUT2D eigenvalue weighted by Gasteiger charge is -2.31. The summed E-state index contributed by atoms with van der Waals surface area (Å²) in [6, 6.07) is 0.279. The molecule has 0 radical (unpaired) electrons. The number of nitrogens with zero attached hydrogens (tertiary/aromatic N) is 1. The maximum atomic E-state index is 13.0. The van der Waals surface area contributed by atoms with Crippen LogP contribution in [0.4, 0.5) is 0 Å². The topological polar surface area (TPSA) is 49.4 Å². The van der Waals surface area contributed by atoms with Gasteiger partial charge in [0.05, 0.1) is 0 Å². The van der Waals surface area contributed by atoms with Crippen LogP contribution in [0.2, 0.25) is 0 Å². The Kier molecular flexibility index (Phi) is 7.39. The monoisotopic (exact) mass is 362 g/mol. The minimum atomic E-state index is 0.0529. The predicted octanol–water partition coefficient (Wildman–Crippen LogP) is 4.28. The number of nitrogens with one attached hydrogen (secondary N) is 1. The van der Waals surface area contributed by atoms with Crippen LogP contribution in [0.5, 0.6) is 0 Å². The predicted molar refractivity (Wildman–Crippen MR) is 105 cm³/mol. The first-order valence-corrected chi connectivity index (χ1v) is 11.2. The van der Waals surface area contributed by atoms with Crippen LogP contribution in [0.3, 0.4) is 0 Å². The molecule has 4 heteroatoms. The molecule has 148 valence electrons. The average molecular weight is 363 g/mol. The quantitative estimate of drug-likeness (QED) is 0.814. The van der Waals surface area contributed by atoms with Gasteiger partial charge in [-0.2, -0.15) is 0 Å². The van der Waals surface area contributed by atoms with Gasteiger partial charge in [-0.25, -0.2) is 0 Å². The van der Waals surface area contributed by atoms with Crippen LogP contribution in [-0.2, 0) is 9.59 Å². The van der Waals surface area contributed by atoms with Gasteiger partial charge >= 0.3 is 0 Å². The first-order valence-electron chi connectivity index (χ1n) is 11.2. The molecular formula is C22H38N2O2. The highest BCUT2D eigenvalue weighted by Crippen LogP contribution is 2.35. The van der Waals surface area contributed by atoms with Crippen LogP contribution in [0, 0.1) is 17.8 Å². The van der Waals surface area contributed by atoms with Crippen molar-refractivity contribution in [2.75, 3.05) is 13.1 Å². The minimum Gasteiger partial charge on any atom is -0.354 e. The molecule has 4 nitrogen and oxygen atoms in total. The number of carbonyl (C=O) groups excluding carboxylic acids is 2. The molecule has 0 aromatic heterocycles. The van der Waals surface area contributed by atoms with Gasteiger partial charge in [-0.05, 0) is 43.9 Å². The van der Waals surface area contributed by atoms with E-state index in [1.807, 2.05) is 0 Å². The summed E-state index contributed by atoms with van der Waals surface area (Å²) in [5, 5.41) is 3.01. The lowest BCUT2D eigenvalue weighted by atomic mass is 9.83. The number of amides is 2. The Hall–Kier alpha value is -1.06. The molecule has 0 bridgehead atoms. The molecule has 1 unspecified atom stereocenters. The fourth-order valence-corrected chi connectivity index (χ4v) is 5.54. The highest BCUT2D eigenvalue weighted by Gasteiger charge is 2.35. The van der Waals surface area contributed by atoms with Gasteiger partial charge in [0.2, 0.25) is 11.8 Å². The summed E-state index contributed by atoms with van der Waals surface area (Å²) in [5.41, 5.74) is 0. The average Bonchev–Trinajstić information content (AvgIpc) is 3.15. The Balaban J connectivity index is 1.45. The van der Waals surface area contributed by atoms with Gasteiger partial charge in [0, 0.05) is 32.0 Å².